The van der Waals surface area contributed by atoms with Crippen LogP contribution in [0.3, 0.4) is 0 Å². The summed E-state index contributed by atoms with van der Waals surface area (Å²) in [5, 5.41) is 8.95. The van der Waals surface area contributed by atoms with Gasteiger partial charge in [0.15, 0.2) is 9.84 Å². The van der Waals surface area contributed by atoms with Crippen LogP contribution in [0.2, 0.25) is 0 Å². The third kappa shape index (κ3) is 3.21. The van der Waals surface area contributed by atoms with Crippen molar-refractivity contribution in [2.45, 2.75) is 10.8 Å². The molecule has 0 saturated carbocycles. The van der Waals surface area contributed by atoms with Crippen molar-refractivity contribution in [2.24, 2.45) is 5.73 Å². The molecule has 1 aromatic carbocycles. The number of ether oxygens (including phenoxy) is 1. The first-order chi connectivity index (χ1) is 8.72. The topological polar surface area (TPSA) is 107 Å². The summed E-state index contributed by atoms with van der Waals surface area (Å²) in [6.07, 6.45) is 0.839. The van der Waals surface area contributed by atoms with E-state index in [-0.39, 0.29) is 17.9 Å². The number of halogens is 1. The second kappa shape index (κ2) is 5.54. The van der Waals surface area contributed by atoms with E-state index < -0.39 is 32.4 Å². The number of benzene rings is 1. The predicted molar refractivity (Wildman–Crippen MR) is 65.5 cm³/mol. The molecule has 1 atom stereocenters. The number of hydrogen-bond donors (Lipinski definition) is 2. The molecule has 0 heterocycles. The molecule has 1 rings (SSSR count). The zero-order valence-corrected chi connectivity index (χ0v) is 11.2. The molecule has 0 saturated heterocycles. The quantitative estimate of drug-likeness (QED) is 0.811. The van der Waals surface area contributed by atoms with Crippen LogP contribution in [0.15, 0.2) is 17.0 Å². The van der Waals surface area contributed by atoms with Crippen molar-refractivity contribution < 1.29 is 27.4 Å². The average Bonchev–Trinajstić information content (AvgIpc) is 2.26. The van der Waals surface area contributed by atoms with Crippen LogP contribution in [0, 0.1) is 5.82 Å². The van der Waals surface area contributed by atoms with Gasteiger partial charge in [0.05, 0.1) is 13.0 Å². The number of nitrogens with two attached hydrogens (primary N) is 1. The fourth-order valence-corrected chi connectivity index (χ4v) is 2.60. The fraction of sp³-hybridized carbons (Fsp3) is 0.364. The summed E-state index contributed by atoms with van der Waals surface area (Å²) >= 11 is 0. The molecule has 6 nitrogen and oxygen atoms in total. The molecule has 106 valence electrons. The Bertz CT molecular complexity index is 599. The highest BCUT2D eigenvalue weighted by atomic mass is 32.2. The summed E-state index contributed by atoms with van der Waals surface area (Å²) in [5.74, 6) is -3.65. The Balaban J connectivity index is 3.52. The van der Waals surface area contributed by atoms with Gasteiger partial charge in [-0.2, -0.15) is 0 Å². The number of carboxylic acid groups (broad SMARTS) is 1. The molecule has 0 radical (unpaired) electrons. The Morgan fingerprint density at radius 3 is 2.47 bits per heavy atom. The number of carbonyl (C=O) groups is 1. The summed E-state index contributed by atoms with van der Waals surface area (Å²) in [6, 6.07) is 2.02. The van der Waals surface area contributed by atoms with E-state index in [1.54, 1.807) is 0 Å². The van der Waals surface area contributed by atoms with Crippen LogP contribution < -0.4 is 10.5 Å². The van der Waals surface area contributed by atoms with Gasteiger partial charge in [-0.1, -0.05) is 0 Å². The maximum Gasteiger partial charge on any atom is 0.312 e. The van der Waals surface area contributed by atoms with Gasteiger partial charge < -0.3 is 15.6 Å². The van der Waals surface area contributed by atoms with Crippen LogP contribution >= 0.6 is 0 Å². The minimum Gasteiger partial charge on any atom is -0.495 e. The highest BCUT2D eigenvalue weighted by molar-refractivity contribution is 7.90. The van der Waals surface area contributed by atoms with Gasteiger partial charge >= 0.3 is 5.97 Å². The van der Waals surface area contributed by atoms with Gasteiger partial charge in [-0.3, -0.25) is 4.79 Å². The third-order valence-electron chi connectivity index (χ3n) is 2.56. The largest absolute Gasteiger partial charge is 0.495 e. The molecule has 1 unspecified atom stereocenters. The summed E-state index contributed by atoms with van der Waals surface area (Å²) in [6.45, 7) is -0.240. The maximum atomic E-state index is 13.9. The number of carboxylic acids is 1. The molecule has 19 heavy (non-hydrogen) atoms. The van der Waals surface area contributed by atoms with Crippen LogP contribution in [0.4, 0.5) is 4.39 Å². The normalized spacial score (nSPS) is 13.1. The molecule has 0 amide bonds. The Hall–Kier alpha value is -1.67. The smallest absolute Gasteiger partial charge is 0.312 e. The zero-order chi connectivity index (χ0) is 14.8. The predicted octanol–water partition coefficient (Wildman–Crippen LogP) is 0.365. The van der Waals surface area contributed by atoms with Gasteiger partial charge in [0.25, 0.3) is 0 Å². The molecule has 8 heteroatoms. The van der Waals surface area contributed by atoms with Crippen LogP contribution in [0.5, 0.6) is 5.75 Å². The van der Waals surface area contributed by atoms with Gasteiger partial charge in [-0.25, -0.2) is 12.8 Å². The molecule has 0 aliphatic heterocycles. The average molecular weight is 291 g/mol. The molecule has 3 N–H and O–H groups in total. The highest BCUT2D eigenvalue weighted by Gasteiger charge is 2.25. The summed E-state index contributed by atoms with van der Waals surface area (Å²) in [4.78, 5) is 10.4. The van der Waals surface area contributed by atoms with E-state index in [4.69, 9.17) is 15.6 Å². The van der Waals surface area contributed by atoms with Crippen LogP contribution in [0.25, 0.3) is 0 Å². The van der Waals surface area contributed by atoms with Crippen molar-refractivity contribution in [1.29, 1.82) is 0 Å². The molecule has 0 bridgehead atoms. The Morgan fingerprint density at radius 2 is 2.11 bits per heavy atom. The molecule has 0 spiro atoms. The summed E-state index contributed by atoms with van der Waals surface area (Å²) in [5.41, 5.74) is 5.36. The van der Waals surface area contributed by atoms with Crippen molar-refractivity contribution in [2.75, 3.05) is 19.9 Å². The molecule has 0 aromatic heterocycles. The fourth-order valence-electron chi connectivity index (χ4n) is 1.68. The van der Waals surface area contributed by atoms with Gasteiger partial charge in [0, 0.05) is 12.8 Å². The maximum absolute atomic E-state index is 13.9. The van der Waals surface area contributed by atoms with Crippen molar-refractivity contribution in [3.05, 3.63) is 23.5 Å². The standard InChI is InChI=1S/C11H14FNO5S/c1-18-9-4-6(7(5-13)11(14)15)3-8(12)10(9)19(2,16)17/h3-4,7H,5,13H2,1-2H3,(H,14,15). The SMILES string of the molecule is COc1cc(C(CN)C(=O)O)cc(F)c1S(C)(=O)=O. The van der Waals surface area contributed by atoms with Crippen molar-refractivity contribution in [1.82, 2.24) is 0 Å². The van der Waals surface area contributed by atoms with Gasteiger partial charge in [0.2, 0.25) is 0 Å². The molecular weight excluding hydrogens is 277 g/mol. The van der Waals surface area contributed by atoms with Crippen LogP contribution in [-0.4, -0.2) is 39.4 Å². The molecule has 0 aliphatic rings. The lowest BCUT2D eigenvalue weighted by Gasteiger charge is -2.14. The minimum atomic E-state index is -3.82. The molecule has 1 aromatic rings. The highest BCUT2D eigenvalue weighted by Crippen LogP contribution is 2.31. The van der Waals surface area contributed by atoms with E-state index in [1.807, 2.05) is 0 Å². The van der Waals surface area contributed by atoms with Crippen LogP contribution in [0.1, 0.15) is 11.5 Å². The van der Waals surface area contributed by atoms with E-state index in [0.29, 0.717) is 0 Å². The second-order valence-corrected chi connectivity index (χ2v) is 5.89. The Kier molecular flexibility index (Phi) is 4.48. The Labute approximate surface area is 109 Å². The number of rotatable bonds is 5. The summed E-state index contributed by atoms with van der Waals surface area (Å²) in [7, 11) is -2.65. The number of hydrogen-bond acceptors (Lipinski definition) is 5. The molecule has 0 fully saturated rings. The van der Waals surface area contributed by atoms with Gasteiger partial charge in [-0.05, 0) is 17.7 Å². The van der Waals surface area contributed by atoms with Crippen molar-refractivity contribution in [3.8, 4) is 5.75 Å². The van der Waals surface area contributed by atoms with Crippen molar-refractivity contribution in [3.63, 3.8) is 0 Å². The first kappa shape index (κ1) is 15.4. The molecule has 0 aliphatic carbocycles. The first-order valence-electron chi connectivity index (χ1n) is 5.22. The lowest BCUT2D eigenvalue weighted by Crippen LogP contribution is -2.21. The van der Waals surface area contributed by atoms with Crippen molar-refractivity contribution >= 4 is 15.8 Å². The van der Waals surface area contributed by atoms with Crippen LogP contribution in [-0.2, 0) is 14.6 Å². The van der Waals surface area contributed by atoms with Gasteiger partial charge in [-0.15, -0.1) is 0 Å². The third-order valence-corrected chi connectivity index (χ3v) is 3.70. The number of methoxy groups -OCH3 is 1. The molecular formula is C11H14FNO5S. The lowest BCUT2D eigenvalue weighted by molar-refractivity contribution is -0.138. The van der Waals surface area contributed by atoms with E-state index >= 15 is 0 Å². The van der Waals surface area contributed by atoms with E-state index in [9.17, 15) is 17.6 Å². The Morgan fingerprint density at radius 1 is 1.53 bits per heavy atom. The van der Waals surface area contributed by atoms with E-state index in [1.165, 1.54) is 13.2 Å². The second-order valence-electron chi connectivity index (χ2n) is 3.93. The zero-order valence-electron chi connectivity index (χ0n) is 10.4. The number of sulfone groups is 1. The van der Waals surface area contributed by atoms with Gasteiger partial charge in [0.1, 0.15) is 16.5 Å². The van der Waals surface area contributed by atoms with E-state index in [0.717, 1.165) is 12.3 Å². The van der Waals surface area contributed by atoms with E-state index in [2.05, 4.69) is 0 Å². The first-order valence-corrected chi connectivity index (χ1v) is 7.11. The summed E-state index contributed by atoms with van der Waals surface area (Å²) < 4.78 is 41.6. The lowest BCUT2D eigenvalue weighted by atomic mass is 9.99. The number of aliphatic carboxylic acids is 1. The monoisotopic (exact) mass is 291 g/mol. The minimum absolute atomic E-state index is 0.0525.